The molecule has 0 aliphatic heterocycles. The molecule has 0 aliphatic carbocycles. The van der Waals surface area contributed by atoms with Crippen molar-refractivity contribution < 1.29 is 18.7 Å². The Morgan fingerprint density at radius 2 is 1.78 bits per heavy atom. The highest BCUT2D eigenvalue weighted by Crippen LogP contribution is 2.16. The number of para-hydroxylation sites is 2. The molecule has 2 rings (SSSR count). The molecule has 0 bridgehead atoms. The van der Waals surface area contributed by atoms with Crippen molar-refractivity contribution in [3.63, 3.8) is 0 Å². The average molecular weight is 371 g/mol. The number of nitrogens with zero attached hydrogens (tertiary/aromatic N) is 1. The SMILES string of the molecule is CCCOc1ccccc1C=NNC(=O)CCC(=O)Nc1ccccc1F. The molecule has 2 N–H and O–H groups in total. The molecule has 0 fully saturated rings. The summed E-state index contributed by atoms with van der Waals surface area (Å²) in [5, 5.41) is 6.32. The predicted molar refractivity (Wildman–Crippen MR) is 102 cm³/mol. The van der Waals surface area contributed by atoms with Gasteiger partial charge in [-0.3, -0.25) is 9.59 Å². The Balaban J connectivity index is 1.78. The Morgan fingerprint density at radius 3 is 2.56 bits per heavy atom. The lowest BCUT2D eigenvalue weighted by Gasteiger charge is -2.07. The first-order valence-corrected chi connectivity index (χ1v) is 8.68. The van der Waals surface area contributed by atoms with E-state index in [1.54, 1.807) is 6.07 Å². The monoisotopic (exact) mass is 371 g/mol. The third kappa shape index (κ3) is 6.89. The molecule has 0 saturated carbocycles. The molecule has 27 heavy (non-hydrogen) atoms. The summed E-state index contributed by atoms with van der Waals surface area (Å²) in [6.07, 6.45) is 2.23. The van der Waals surface area contributed by atoms with Crippen molar-refractivity contribution in [1.29, 1.82) is 0 Å². The molecule has 2 aromatic rings. The lowest BCUT2D eigenvalue weighted by atomic mass is 10.2. The van der Waals surface area contributed by atoms with Gasteiger partial charge in [0.25, 0.3) is 0 Å². The van der Waals surface area contributed by atoms with Crippen LogP contribution in [0.5, 0.6) is 5.75 Å². The predicted octanol–water partition coefficient (Wildman–Crippen LogP) is 3.48. The van der Waals surface area contributed by atoms with Crippen LogP contribution < -0.4 is 15.5 Å². The quantitative estimate of drug-likeness (QED) is 0.523. The van der Waals surface area contributed by atoms with Gasteiger partial charge < -0.3 is 10.1 Å². The van der Waals surface area contributed by atoms with Gasteiger partial charge in [-0.15, -0.1) is 0 Å². The number of benzene rings is 2. The van der Waals surface area contributed by atoms with Gasteiger partial charge in [-0.25, -0.2) is 9.82 Å². The van der Waals surface area contributed by atoms with E-state index in [4.69, 9.17) is 4.74 Å². The molecule has 2 amide bonds. The van der Waals surface area contributed by atoms with Gasteiger partial charge in [0, 0.05) is 18.4 Å². The van der Waals surface area contributed by atoms with Gasteiger partial charge in [0.1, 0.15) is 11.6 Å². The van der Waals surface area contributed by atoms with Gasteiger partial charge in [0.15, 0.2) is 0 Å². The van der Waals surface area contributed by atoms with Crippen LogP contribution in [0.2, 0.25) is 0 Å². The second-order valence-corrected chi connectivity index (χ2v) is 5.71. The summed E-state index contributed by atoms with van der Waals surface area (Å²) in [4.78, 5) is 23.6. The number of hydrogen-bond acceptors (Lipinski definition) is 4. The number of nitrogens with one attached hydrogen (secondary N) is 2. The van der Waals surface area contributed by atoms with Gasteiger partial charge in [0.2, 0.25) is 11.8 Å². The standard InChI is InChI=1S/C20H22FN3O3/c1-2-13-27-18-10-6-3-7-15(18)14-22-24-20(26)12-11-19(25)23-17-9-5-4-8-16(17)21/h3-10,14H,2,11-13H2,1H3,(H,23,25)(H,24,26). The summed E-state index contributed by atoms with van der Waals surface area (Å²) in [5.41, 5.74) is 3.19. The summed E-state index contributed by atoms with van der Waals surface area (Å²) < 4.78 is 19.1. The van der Waals surface area contributed by atoms with E-state index in [0.29, 0.717) is 12.4 Å². The zero-order valence-corrected chi connectivity index (χ0v) is 15.1. The van der Waals surface area contributed by atoms with Crippen LogP contribution in [-0.2, 0) is 9.59 Å². The molecule has 0 saturated heterocycles. The number of rotatable bonds is 9. The second kappa shape index (κ2) is 10.7. The fraction of sp³-hybridized carbons (Fsp3) is 0.250. The molecule has 0 heterocycles. The van der Waals surface area contributed by atoms with Crippen LogP contribution in [0.1, 0.15) is 31.7 Å². The first kappa shape index (κ1) is 20.1. The van der Waals surface area contributed by atoms with Crippen LogP contribution >= 0.6 is 0 Å². The molecule has 0 spiro atoms. The van der Waals surface area contributed by atoms with Gasteiger partial charge >= 0.3 is 0 Å². The molecule has 0 aromatic heterocycles. The van der Waals surface area contributed by atoms with Crippen molar-refractivity contribution in [2.75, 3.05) is 11.9 Å². The molecule has 2 aromatic carbocycles. The van der Waals surface area contributed by atoms with Crippen LogP contribution in [0.15, 0.2) is 53.6 Å². The van der Waals surface area contributed by atoms with E-state index in [1.807, 2.05) is 31.2 Å². The van der Waals surface area contributed by atoms with Gasteiger partial charge in [-0.1, -0.05) is 31.2 Å². The Morgan fingerprint density at radius 1 is 1.07 bits per heavy atom. The zero-order valence-electron chi connectivity index (χ0n) is 15.1. The fourth-order valence-corrected chi connectivity index (χ4v) is 2.16. The van der Waals surface area contributed by atoms with Crippen molar-refractivity contribution >= 4 is 23.7 Å². The van der Waals surface area contributed by atoms with E-state index < -0.39 is 17.6 Å². The van der Waals surface area contributed by atoms with Gasteiger partial charge in [-0.05, 0) is 30.7 Å². The minimum atomic E-state index is -0.524. The minimum absolute atomic E-state index is 0.0639. The van der Waals surface area contributed by atoms with E-state index in [2.05, 4.69) is 15.8 Å². The first-order chi connectivity index (χ1) is 13.1. The number of halogens is 1. The molecule has 142 valence electrons. The summed E-state index contributed by atoms with van der Waals surface area (Å²) in [5.74, 6) is -0.704. The van der Waals surface area contributed by atoms with Gasteiger partial charge in [0.05, 0.1) is 18.5 Å². The number of hydrazone groups is 1. The van der Waals surface area contributed by atoms with Crippen LogP contribution in [0.25, 0.3) is 0 Å². The molecule has 6 nitrogen and oxygen atoms in total. The normalized spacial score (nSPS) is 10.6. The average Bonchev–Trinajstić information content (AvgIpc) is 2.67. The summed E-state index contributed by atoms with van der Waals surface area (Å²) in [6.45, 7) is 2.60. The van der Waals surface area contributed by atoms with Crippen LogP contribution in [0.4, 0.5) is 10.1 Å². The lowest BCUT2D eigenvalue weighted by Crippen LogP contribution is -2.21. The van der Waals surface area contributed by atoms with E-state index in [-0.39, 0.29) is 18.5 Å². The lowest BCUT2D eigenvalue weighted by molar-refractivity contribution is -0.124. The largest absolute Gasteiger partial charge is 0.493 e. The fourth-order valence-electron chi connectivity index (χ4n) is 2.16. The highest BCUT2D eigenvalue weighted by molar-refractivity contribution is 5.93. The first-order valence-electron chi connectivity index (χ1n) is 8.68. The van der Waals surface area contributed by atoms with E-state index in [9.17, 15) is 14.0 Å². The number of hydrogen-bond donors (Lipinski definition) is 2. The Labute approximate surface area is 157 Å². The number of anilines is 1. The zero-order chi connectivity index (χ0) is 19.5. The maximum Gasteiger partial charge on any atom is 0.240 e. The Bertz CT molecular complexity index is 809. The van der Waals surface area contributed by atoms with Crippen LogP contribution in [-0.4, -0.2) is 24.6 Å². The van der Waals surface area contributed by atoms with Crippen LogP contribution in [0, 0.1) is 5.82 Å². The highest BCUT2D eigenvalue weighted by atomic mass is 19.1. The molecule has 0 aliphatic rings. The van der Waals surface area contributed by atoms with Crippen molar-refractivity contribution in [2.45, 2.75) is 26.2 Å². The van der Waals surface area contributed by atoms with E-state index in [0.717, 1.165) is 12.0 Å². The number of carbonyl (C=O) groups excluding carboxylic acids is 2. The van der Waals surface area contributed by atoms with E-state index in [1.165, 1.54) is 24.4 Å². The highest BCUT2D eigenvalue weighted by Gasteiger charge is 2.09. The third-order valence-electron chi connectivity index (χ3n) is 3.50. The molecular formula is C20H22FN3O3. The topological polar surface area (TPSA) is 79.8 Å². The molecular weight excluding hydrogens is 349 g/mol. The Hall–Kier alpha value is -3.22. The number of ether oxygens (including phenoxy) is 1. The van der Waals surface area contributed by atoms with E-state index >= 15 is 0 Å². The molecule has 0 radical (unpaired) electrons. The maximum absolute atomic E-state index is 13.5. The van der Waals surface area contributed by atoms with Crippen LogP contribution in [0.3, 0.4) is 0 Å². The van der Waals surface area contributed by atoms with Crippen molar-refractivity contribution in [3.05, 3.63) is 59.9 Å². The summed E-state index contributed by atoms with van der Waals surface area (Å²) >= 11 is 0. The second-order valence-electron chi connectivity index (χ2n) is 5.71. The summed E-state index contributed by atoms with van der Waals surface area (Å²) in [7, 11) is 0. The maximum atomic E-state index is 13.5. The number of amides is 2. The Kier molecular flexibility index (Phi) is 7.96. The smallest absolute Gasteiger partial charge is 0.240 e. The molecule has 0 unspecified atom stereocenters. The van der Waals surface area contributed by atoms with Crippen molar-refractivity contribution in [3.8, 4) is 5.75 Å². The van der Waals surface area contributed by atoms with Gasteiger partial charge in [-0.2, -0.15) is 5.10 Å². The third-order valence-corrected chi connectivity index (χ3v) is 3.50. The minimum Gasteiger partial charge on any atom is -0.493 e. The van der Waals surface area contributed by atoms with Crippen molar-refractivity contribution in [2.24, 2.45) is 5.10 Å². The molecule has 7 heteroatoms. The summed E-state index contributed by atoms with van der Waals surface area (Å²) in [6, 6.07) is 13.2. The molecule has 0 atom stereocenters. The number of carbonyl (C=O) groups is 2. The van der Waals surface area contributed by atoms with Crippen molar-refractivity contribution in [1.82, 2.24) is 5.43 Å².